The van der Waals surface area contributed by atoms with Crippen LogP contribution in [0.3, 0.4) is 0 Å². The zero-order chi connectivity index (χ0) is 23.0. The molecule has 0 aromatic heterocycles. The number of hydrogen-bond acceptors (Lipinski definition) is 4. The summed E-state index contributed by atoms with van der Waals surface area (Å²) >= 11 is 5.11. The fourth-order valence-electron chi connectivity index (χ4n) is 2.65. The molecule has 0 aliphatic rings. The third kappa shape index (κ3) is 8.02. The van der Waals surface area contributed by atoms with E-state index in [1.807, 2.05) is 12.1 Å². The summed E-state index contributed by atoms with van der Waals surface area (Å²) in [6.07, 6.45) is 0.934. The van der Waals surface area contributed by atoms with Crippen molar-refractivity contribution in [1.82, 2.24) is 16.2 Å². The monoisotopic (exact) mass is 441 g/mol. The van der Waals surface area contributed by atoms with Crippen LogP contribution in [0.1, 0.15) is 67.3 Å². The number of carbonyl (C=O) groups excluding carboxylic acids is 2. The zero-order valence-electron chi connectivity index (χ0n) is 18.7. The standard InChI is InChI=1S/C24H31N3O3S/c1-16(2)13-14-30-20-8-6-7-18(15-20)21(28)25-23(31)27-26-22(29)17-9-11-19(12-10-17)24(3,4)5/h6-12,15-16H,13-14H2,1-5H3,(H,26,29)(H2,25,27,28,31). The van der Waals surface area contributed by atoms with Crippen LogP contribution in [0.2, 0.25) is 0 Å². The molecule has 0 spiro atoms. The predicted octanol–water partition coefficient (Wildman–Crippen LogP) is 4.36. The van der Waals surface area contributed by atoms with Crippen LogP contribution in [0.4, 0.5) is 0 Å². The van der Waals surface area contributed by atoms with E-state index in [1.54, 1.807) is 36.4 Å². The van der Waals surface area contributed by atoms with Crippen LogP contribution < -0.4 is 20.9 Å². The maximum atomic E-state index is 12.4. The highest BCUT2D eigenvalue weighted by molar-refractivity contribution is 7.80. The lowest BCUT2D eigenvalue weighted by atomic mass is 9.87. The lowest BCUT2D eigenvalue weighted by Crippen LogP contribution is -2.48. The summed E-state index contributed by atoms with van der Waals surface area (Å²) in [6, 6.07) is 14.2. The summed E-state index contributed by atoms with van der Waals surface area (Å²) in [5.41, 5.74) is 7.09. The van der Waals surface area contributed by atoms with E-state index in [9.17, 15) is 9.59 Å². The Morgan fingerprint density at radius 2 is 1.65 bits per heavy atom. The summed E-state index contributed by atoms with van der Waals surface area (Å²) in [5, 5.41) is 2.54. The smallest absolute Gasteiger partial charge is 0.269 e. The van der Waals surface area contributed by atoms with Crippen molar-refractivity contribution < 1.29 is 14.3 Å². The maximum Gasteiger partial charge on any atom is 0.269 e. The predicted molar refractivity (Wildman–Crippen MR) is 127 cm³/mol. The Morgan fingerprint density at radius 1 is 0.968 bits per heavy atom. The molecule has 0 radical (unpaired) electrons. The Labute approximate surface area is 189 Å². The summed E-state index contributed by atoms with van der Waals surface area (Å²) in [4.78, 5) is 24.7. The van der Waals surface area contributed by atoms with Crippen molar-refractivity contribution in [3.63, 3.8) is 0 Å². The van der Waals surface area contributed by atoms with Gasteiger partial charge < -0.3 is 4.74 Å². The molecule has 6 nitrogen and oxygen atoms in total. The first-order chi connectivity index (χ1) is 14.6. The summed E-state index contributed by atoms with van der Waals surface area (Å²) < 4.78 is 5.68. The third-order valence-corrected chi connectivity index (χ3v) is 4.79. The van der Waals surface area contributed by atoms with Gasteiger partial charge in [0.1, 0.15) is 5.75 Å². The van der Waals surface area contributed by atoms with Crippen molar-refractivity contribution in [2.45, 2.75) is 46.5 Å². The van der Waals surface area contributed by atoms with E-state index in [0.29, 0.717) is 29.4 Å². The molecule has 0 atom stereocenters. The lowest BCUT2D eigenvalue weighted by Gasteiger charge is -2.19. The van der Waals surface area contributed by atoms with Crippen LogP contribution >= 0.6 is 12.2 Å². The maximum absolute atomic E-state index is 12.4. The molecule has 2 rings (SSSR count). The van der Waals surface area contributed by atoms with Crippen LogP contribution in [0, 0.1) is 5.92 Å². The van der Waals surface area contributed by atoms with Crippen molar-refractivity contribution in [2.75, 3.05) is 6.61 Å². The average Bonchev–Trinajstić information content (AvgIpc) is 2.71. The average molecular weight is 442 g/mol. The minimum atomic E-state index is -0.393. The highest BCUT2D eigenvalue weighted by Crippen LogP contribution is 2.22. The van der Waals surface area contributed by atoms with E-state index < -0.39 is 5.91 Å². The molecule has 0 aliphatic carbocycles. The second-order valence-corrected chi connectivity index (χ2v) is 9.16. The number of thiocarbonyl (C=S) groups is 1. The van der Waals surface area contributed by atoms with E-state index in [-0.39, 0.29) is 16.4 Å². The lowest BCUT2D eigenvalue weighted by molar-refractivity contribution is 0.0934. The van der Waals surface area contributed by atoms with Gasteiger partial charge >= 0.3 is 0 Å². The van der Waals surface area contributed by atoms with Gasteiger partial charge in [-0.05, 0) is 65.9 Å². The molecule has 7 heteroatoms. The summed E-state index contributed by atoms with van der Waals surface area (Å²) in [6.45, 7) is 11.2. The van der Waals surface area contributed by atoms with Crippen LogP contribution in [-0.2, 0) is 5.41 Å². The summed E-state index contributed by atoms with van der Waals surface area (Å²) in [7, 11) is 0. The molecule has 2 amide bonds. The Kier molecular flexibility index (Phi) is 8.56. The van der Waals surface area contributed by atoms with Crippen LogP contribution in [0.5, 0.6) is 5.75 Å². The number of amides is 2. The molecule has 0 fully saturated rings. The number of ether oxygens (including phenoxy) is 1. The molecule has 0 unspecified atom stereocenters. The largest absolute Gasteiger partial charge is 0.494 e. The molecule has 166 valence electrons. The number of hydrogen-bond donors (Lipinski definition) is 3. The Morgan fingerprint density at radius 3 is 2.26 bits per heavy atom. The molecule has 0 saturated carbocycles. The molecule has 0 heterocycles. The van der Waals surface area contributed by atoms with Crippen molar-refractivity contribution in [3.8, 4) is 5.75 Å². The first-order valence-electron chi connectivity index (χ1n) is 10.3. The molecule has 3 N–H and O–H groups in total. The van der Waals surface area contributed by atoms with Gasteiger partial charge in [-0.25, -0.2) is 0 Å². The Hall–Kier alpha value is -2.93. The first-order valence-corrected chi connectivity index (χ1v) is 10.7. The van der Waals surface area contributed by atoms with Gasteiger partial charge in [0.2, 0.25) is 0 Å². The van der Waals surface area contributed by atoms with Crippen LogP contribution in [0.25, 0.3) is 0 Å². The van der Waals surface area contributed by atoms with Gasteiger partial charge in [-0.3, -0.25) is 25.8 Å². The van der Waals surface area contributed by atoms with E-state index in [0.717, 1.165) is 12.0 Å². The van der Waals surface area contributed by atoms with Gasteiger partial charge in [-0.15, -0.1) is 0 Å². The van der Waals surface area contributed by atoms with Crippen LogP contribution in [-0.4, -0.2) is 23.5 Å². The molecule has 31 heavy (non-hydrogen) atoms. The normalized spacial score (nSPS) is 11.0. The molecule has 2 aromatic rings. The van der Waals surface area contributed by atoms with Gasteiger partial charge in [-0.1, -0.05) is 52.8 Å². The SMILES string of the molecule is CC(C)CCOc1cccc(C(=O)NC(=S)NNC(=O)c2ccc(C(C)(C)C)cc2)c1. The molecular formula is C24H31N3O3S. The number of hydrazine groups is 1. The second-order valence-electron chi connectivity index (χ2n) is 8.75. The van der Waals surface area contributed by atoms with E-state index in [1.165, 1.54) is 0 Å². The first kappa shape index (κ1) is 24.3. The van der Waals surface area contributed by atoms with Gasteiger partial charge in [0, 0.05) is 11.1 Å². The topological polar surface area (TPSA) is 79.5 Å². The van der Waals surface area contributed by atoms with E-state index in [4.69, 9.17) is 17.0 Å². The third-order valence-electron chi connectivity index (χ3n) is 4.59. The van der Waals surface area contributed by atoms with Crippen molar-refractivity contribution >= 4 is 29.1 Å². The van der Waals surface area contributed by atoms with Gasteiger partial charge in [-0.2, -0.15) is 0 Å². The molecule has 0 aliphatic heterocycles. The fourth-order valence-corrected chi connectivity index (χ4v) is 2.80. The van der Waals surface area contributed by atoms with Crippen LogP contribution in [0.15, 0.2) is 48.5 Å². The van der Waals surface area contributed by atoms with E-state index >= 15 is 0 Å². The minimum Gasteiger partial charge on any atom is -0.494 e. The quantitative estimate of drug-likeness (QED) is 0.459. The van der Waals surface area contributed by atoms with Crippen molar-refractivity contribution in [3.05, 3.63) is 65.2 Å². The molecule has 0 saturated heterocycles. The summed E-state index contributed by atoms with van der Waals surface area (Å²) in [5.74, 6) is 0.425. The Balaban J connectivity index is 1.85. The molecule has 2 aromatic carbocycles. The Bertz CT molecular complexity index is 918. The number of carbonyl (C=O) groups is 2. The molecule has 0 bridgehead atoms. The number of rotatable bonds is 6. The highest BCUT2D eigenvalue weighted by atomic mass is 32.1. The van der Waals surface area contributed by atoms with Crippen molar-refractivity contribution in [1.29, 1.82) is 0 Å². The van der Waals surface area contributed by atoms with Gasteiger partial charge in [0.25, 0.3) is 11.8 Å². The minimum absolute atomic E-state index is 0.00390. The number of benzene rings is 2. The zero-order valence-corrected chi connectivity index (χ0v) is 19.6. The second kappa shape index (κ2) is 10.9. The van der Waals surface area contributed by atoms with E-state index in [2.05, 4.69) is 50.8 Å². The van der Waals surface area contributed by atoms with Crippen molar-refractivity contribution in [2.24, 2.45) is 5.92 Å². The fraction of sp³-hybridized carbons (Fsp3) is 0.375. The number of nitrogens with one attached hydrogen (secondary N) is 3. The van der Waals surface area contributed by atoms with Gasteiger partial charge in [0.15, 0.2) is 5.11 Å². The highest BCUT2D eigenvalue weighted by Gasteiger charge is 2.15. The molecular weight excluding hydrogens is 410 g/mol. The van der Waals surface area contributed by atoms with Gasteiger partial charge in [0.05, 0.1) is 6.61 Å².